The van der Waals surface area contributed by atoms with Crippen molar-refractivity contribution < 1.29 is 4.21 Å². The van der Waals surface area contributed by atoms with Crippen LogP contribution in [0.3, 0.4) is 0 Å². The van der Waals surface area contributed by atoms with Crippen molar-refractivity contribution in [2.45, 2.75) is 49.6 Å². The Morgan fingerprint density at radius 3 is 2.47 bits per heavy atom. The number of hydrogen-bond acceptors (Lipinski definition) is 2. The molecule has 2 aliphatic rings. The average molecular weight is 277 g/mol. The van der Waals surface area contributed by atoms with Gasteiger partial charge in [0.25, 0.3) is 0 Å². The number of nitrogens with zero attached hydrogens (tertiary/aromatic N) is 1. The lowest BCUT2D eigenvalue weighted by Crippen LogP contribution is -2.39. The third-order valence-electron chi connectivity index (χ3n) is 4.38. The van der Waals surface area contributed by atoms with Crippen molar-refractivity contribution in [2.24, 2.45) is 5.92 Å². The van der Waals surface area contributed by atoms with Gasteiger partial charge in [-0.25, -0.2) is 0 Å². The normalized spacial score (nSPS) is 22.4. The second-order valence-electron chi connectivity index (χ2n) is 5.91. The van der Waals surface area contributed by atoms with Crippen LogP contribution >= 0.6 is 0 Å². The minimum atomic E-state index is -0.844. The van der Waals surface area contributed by atoms with Crippen molar-refractivity contribution in [3.05, 3.63) is 30.3 Å². The molecule has 1 aromatic carbocycles. The van der Waals surface area contributed by atoms with E-state index in [2.05, 4.69) is 11.8 Å². The van der Waals surface area contributed by atoms with Gasteiger partial charge in [0, 0.05) is 29.3 Å². The van der Waals surface area contributed by atoms with Crippen LogP contribution in [0.1, 0.15) is 32.6 Å². The number of hydrogen-bond donors (Lipinski definition) is 0. The molecule has 3 rings (SSSR count). The third kappa shape index (κ3) is 3.46. The summed E-state index contributed by atoms with van der Waals surface area (Å²) in [5, 5.41) is 0. The summed E-state index contributed by atoms with van der Waals surface area (Å²) in [6, 6.07) is 11.3. The molecule has 2 aliphatic carbocycles. The first-order valence-corrected chi connectivity index (χ1v) is 8.77. The predicted molar refractivity (Wildman–Crippen MR) is 79.6 cm³/mol. The smallest absolute Gasteiger partial charge is 0.0542 e. The fourth-order valence-electron chi connectivity index (χ4n) is 2.85. The van der Waals surface area contributed by atoms with Crippen molar-refractivity contribution in [2.75, 3.05) is 12.3 Å². The molecular formula is C16H23NOS. The van der Waals surface area contributed by atoms with E-state index in [9.17, 15) is 4.21 Å². The van der Waals surface area contributed by atoms with E-state index in [-0.39, 0.29) is 0 Å². The largest absolute Gasteiger partial charge is 0.297 e. The van der Waals surface area contributed by atoms with Crippen LogP contribution in [0.4, 0.5) is 0 Å². The highest BCUT2D eigenvalue weighted by molar-refractivity contribution is 7.85. The lowest BCUT2D eigenvalue weighted by molar-refractivity contribution is 0.191. The van der Waals surface area contributed by atoms with E-state index >= 15 is 0 Å². The van der Waals surface area contributed by atoms with Gasteiger partial charge in [0.1, 0.15) is 0 Å². The number of benzene rings is 1. The summed E-state index contributed by atoms with van der Waals surface area (Å²) in [6.07, 6.45) is 5.47. The maximum Gasteiger partial charge on any atom is 0.0542 e. The fourth-order valence-corrected chi connectivity index (χ4v) is 3.93. The minimum Gasteiger partial charge on any atom is -0.297 e. The van der Waals surface area contributed by atoms with Crippen LogP contribution in [0.5, 0.6) is 0 Å². The average Bonchev–Trinajstić information content (AvgIpc) is 3.30. The predicted octanol–water partition coefficient (Wildman–Crippen LogP) is 3.06. The maximum atomic E-state index is 12.3. The summed E-state index contributed by atoms with van der Waals surface area (Å²) in [4.78, 5) is 3.59. The first-order valence-electron chi connectivity index (χ1n) is 7.45. The van der Waals surface area contributed by atoms with E-state index in [0.29, 0.717) is 6.04 Å². The van der Waals surface area contributed by atoms with Gasteiger partial charge in [-0.1, -0.05) is 18.2 Å². The van der Waals surface area contributed by atoms with E-state index < -0.39 is 10.8 Å². The molecule has 0 bridgehead atoms. The molecule has 0 radical (unpaired) electrons. The molecule has 0 saturated heterocycles. The molecule has 2 nitrogen and oxygen atoms in total. The molecule has 0 amide bonds. The first-order chi connectivity index (χ1) is 9.25. The van der Waals surface area contributed by atoms with Crippen LogP contribution in [0, 0.1) is 5.92 Å². The highest BCUT2D eigenvalue weighted by Gasteiger charge is 2.38. The van der Waals surface area contributed by atoms with Crippen molar-refractivity contribution in [3.8, 4) is 0 Å². The van der Waals surface area contributed by atoms with Crippen LogP contribution in [0.15, 0.2) is 35.2 Å². The maximum absolute atomic E-state index is 12.3. The van der Waals surface area contributed by atoms with E-state index in [4.69, 9.17) is 0 Å². The van der Waals surface area contributed by atoms with Crippen LogP contribution < -0.4 is 0 Å². The molecule has 2 saturated carbocycles. The van der Waals surface area contributed by atoms with E-state index in [0.717, 1.165) is 29.2 Å². The Bertz CT molecular complexity index is 439. The molecule has 3 heteroatoms. The monoisotopic (exact) mass is 277 g/mol. The molecular weight excluding hydrogens is 254 g/mol. The summed E-state index contributed by atoms with van der Waals surface area (Å²) in [7, 11) is -0.844. The zero-order chi connectivity index (χ0) is 13.2. The highest BCUT2D eigenvalue weighted by atomic mass is 32.2. The van der Waals surface area contributed by atoms with Gasteiger partial charge < -0.3 is 0 Å². The Hall–Kier alpha value is -0.670. The van der Waals surface area contributed by atoms with Crippen molar-refractivity contribution in [3.63, 3.8) is 0 Å². The molecule has 19 heavy (non-hydrogen) atoms. The second-order valence-corrected chi connectivity index (χ2v) is 7.48. The molecule has 0 N–H and O–H groups in total. The van der Waals surface area contributed by atoms with Gasteiger partial charge in [-0.15, -0.1) is 0 Å². The minimum absolute atomic E-state index is 0.695. The van der Waals surface area contributed by atoms with E-state index in [1.54, 1.807) is 0 Å². The summed E-state index contributed by atoms with van der Waals surface area (Å²) in [5.41, 5.74) is 0. The summed E-state index contributed by atoms with van der Waals surface area (Å²) in [6.45, 7) is 3.35. The van der Waals surface area contributed by atoms with Gasteiger partial charge in [-0.3, -0.25) is 9.11 Å². The summed E-state index contributed by atoms with van der Waals surface area (Å²) in [5.74, 6) is 1.68. The molecule has 0 unspecified atom stereocenters. The molecule has 1 aromatic rings. The molecule has 0 heterocycles. The Kier molecular flexibility index (Phi) is 4.04. The molecule has 0 spiro atoms. The Morgan fingerprint density at radius 2 is 1.89 bits per heavy atom. The lowest BCUT2D eigenvalue weighted by atomic mass is 10.2. The van der Waals surface area contributed by atoms with Gasteiger partial charge in [0.15, 0.2) is 0 Å². The zero-order valence-corrected chi connectivity index (χ0v) is 12.4. The molecule has 0 aliphatic heterocycles. The molecule has 2 atom stereocenters. The van der Waals surface area contributed by atoms with E-state index in [1.807, 2.05) is 30.3 Å². The quantitative estimate of drug-likeness (QED) is 0.763. The lowest BCUT2D eigenvalue weighted by Gasteiger charge is -2.29. The van der Waals surface area contributed by atoms with Gasteiger partial charge >= 0.3 is 0 Å². The van der Waals surface area contributed by atoms with Crippen molar-refractivity contribution >= 4 is 10.8 Å². The second kappa shape index (κ2) is 5.76. The Morgan fingerprint density at radius 1 is 1.21 bits per heavy atom. The Labute approximate surface area is 118 Å². The van der Waals surface area contributed by atoms with Crippen LogP contribution in [0.2, 0.25) is 0 Å². The SMILES string of the molecule is C[C@@H](C1CC1)N(CC[S@@](=O)c1ccccc1)C1CC1. The third-order valence-corrected chi connectivity index (χ3v) is 5.74. The first kappa shape index (κ1) is 13.3. The topological polar surface area (TPSA) is 20.3 Å². The fraction of sp³-hybridized carbons (Fsp3) is 0.625. The van der Waals surface area contributed by atoms with Gasteiger partial charge in [-0.05, 0) is 50.7 Å². The van der Waals surface area contributed by atoms with Gasteiger partial charge in [-0.2, -0.15) is 0 Å². The summed E-state index contributed by atoms with van der Waals surface area (Å²) < 4.78 is 12.3. The molecule has 0 aromatic heterocycles. The highest BCUT2D eigenvalue weighted by Crippen LogP contribution is 2.39. The van der Waals surface area contributed by atoms with Crippen LogP contribution in [-0.4, -0.2) is 33.5 Å². The van der Waals surface area contributed by atoms with Crippen LogP contribution in [-0.2, 0) is 10.8 Å². The van der Waals surface area contributed by atoms with Crippen molar-refractivity contribution in [1.82, 2.24) is 4.90 Å². The van der Waals surface area contributed by atoms with E-state index in [1.165, 1.54) is 25.7 Å². The standard InChI is InChI=1S/C16H23NOS/c1-13(14-7-8-14)17(15-9-10-15)11-12-19(18)16-5-3-2-4-6-16/h2-6,13-15H,7-12H2,1H3/t13-,19+/m0/s1. The van der Waals surface area contributed by atoms with Crippen molar-refractivity contribution in [1.29, 1.82) is 0 Å². The Balaban J connectivity index is 1.56. The number of rotatable bonds is 7. The molecule has 104 valence electrons. The van der Waals surface area contributed by atoms with Crippen LogP contribution in [0.25, 0.3) is 0 Å². The molecule has 2 fully saturated rings. The van der Waals surface area contributed by atoms with Gasteiger partial charge in [0.05, 0.1) is 10.8 Å². The zero-order valence-electron chi connectivity index (χ0n) is 11.6. The summed E-state index contributed by atoms with van der Waals surface area (Å²) >= 11 is 0. The van der Waals surface area contributed by atoms with Gasteiger partial charge in [0.2, 0.25) is 0 Å².